The highest BCUT2D eigenvalue weighted by molar-refractivity contribution is 6.31. The smallest absolute Gasteiger partial charge is 0.410 e. The fourth-order valence-corrected chi connectivity index (χ4v) is 5.39. The number of benzene rings is 2. The molecule has 12 nitrogen and oxygen atoms in total. The highest BCUT2D eigenvalue weighted by Gasteiger charge is 2.30. The largest absolute Gasteiger partial charge is 0.485 e. The van der Waals surface area contributed by atoms with Gasteiger partial charge in [-0.2, -0.15) is 0 Å². The maximum absolute atomic E-state index is 13.7. The molecule has 1 amide bonds. The summed E-state index contributed by atoms with van der Waals surface area (Å²) in [5, 5.41) is 6.54. The van der Waals surface area contributed by atoms with E-state index in [-0.39, 0.29) is 22.9 Å². The molecule has 1 fully saturated rings. The van der Waals surface area contributed by atoms with Crippen LogP contribution in [0.25, 0.3) is 22.8 Å². The number of nitrogens with one attached hydrogen (secondary N) is 2. The van der Waals surface area contributed by atoms with Gasteiger partial charge in [-0.15, -0.1) is 0 Å². The lowest BCUT2D eigenvalue weighted by molar-refractivity contribution is 0.0240. The fourth-order valence-electron chi connectivity index (χ4n) is 5.16. The van der Waals surface area contributed by atoms with Gasteiger partial charge in [-0.25, -0.2) is 33.5 Å². The van der Waals surface area contributed by atoms with Crippen LogP contribution in [0.4, 0.5) is 31.0 Å². The quantitative estimate of drug-likeness (QED) is 0.252. The maximum Gasteiger partial charge on any atom is 0.410 e. The van der Waals surface area contributed by atoms with Crippen molar-refractivity contribution in [2.45, 2.75) is 26.4 Å². The Hall–Kier alpha value is -4.98. The number of ether oxygens (including phenoxy) is 3. The normalized spacial score (nSPS) is 15.3. The van der Waals surface area contributed by atoms with Crippen LogP contribution in [0.15, 0.2) is 48.5 Å². The fraction of sp³-hybridized carbons (Fsp3) is 0.364. The molecule has 0 bridgehead atoms. The van der Waals surface area contributed by atoms with Crippen LogP contribution in [0.3, 0.4) is 0 Å². The van der Waals surface area contributed by atoms with Crippen molar-refractivity contribution < 1.29 is 27.8 Å². The van der Waals surface area contributed by atoms with E-state index in [2.05, 4.69) is 30.5 Å². The van der Waals surface area contributed by atoms with Crippen molar-refractivity contribution in [3.8, 4) is 34.3 Å². The second-order valence-corrected chi connectivity index (χ2v) is 12.4. The first-order valence-electron chi connectivity index (χ1n) is 15.5. The summed E-state index contributed by atoms with van der Waals surface area (Å²) in [4.78, 5) is 33.8. The van der Waals surface area contributed by atoms with E-state index in [0.717, 1.165) is 0 Å². The number of aromatic nitrogens is 4. The van der Waals surface area contributed by atoms with Crippen LogP contribution in [0, 0.1) is 11.6 Å². The monoisotopic (exact) mass is 680 g/mol. The Kier molecular flexibility index (Phi) is 9.62. The average molecular weight is 681 g/mol. The van der Waals surface area contributed by atoms with Gasteiger partial charge in [-0.05, 0) is 45.0 Å². The second-order valence-electron chi connectivity index (χ2n) is 12.1. The Balaban J connectivity index is 0.000000189. The van der Waals surface area contributed by atoms with E-state index in [1.54, 1.807) is 29.2 Å². The Morgan fingerprint density at radius 1 is 0.812 bits per heavy atom. The molecule has 2 N–H and O–H groups in total. The third-order valence-electron chi connectivity index (χ3n) is 7.35. The van der Waals surface area contributed by atoms with Gasteiger partial charge in [0.15, 0.2) is 40.0 Å². The molecule has 0 aliphatic carbocycles. The van der Waals surface area contributed by atoms with Gasteiger partial charge >= 0.3 is 6.09 Å². The van der Waals surface area contributed by atoms with E-state index in [0.29, 0.717) is 104 Å². The standard InChI is InChI=1S/C21H26FN5O3.C12H9ClFN3O/c1-21(2,3)30-20(28)27-10-8-26(9-11-27)19-16-18(23-7-12-29-16)24-17(25-19)14-5-4-6-15(22)13-14;13-10-9-12(15-4-5-18-9)17-11(16-10)7-2-1-3-8(14)6-7/h4-6,13H,7-12H2,1-3H3,(H,23,24,25);1-3,6H,4-5H2,(H,15,16,17). The molecule has 7 rings (SSSR count). The number of hydrogen-bond acceptors (Lipinski definition) is 11. The highest BCUT2D eigenvalue weighted by Crippen LogP contribution is 2.38. The van der Waals surface area contributed by atoms with Crippen LogP contribution >= 0.6 is 11.6 Å². The molecule has 1 saturated heterocycles. The van der Waals surface area contributed by atoms with Gasteiger partial charge < -0.3 is 34.6 Å². The number of halogens is 3. The van der Waals surface area contributed by atoms with E-state index in [4.69, 9.17) is 30.8 Å². The van der Waals surface area contributed by atoms with Crippen LogP contribution in [-0.2, 0) is 4.74 Å². The van der Waals surface area contributed by atoms with Crippen molar-refractivity contribution in [2.24, 2.45) is 0 Å². The van der Waals surface area contributed by atoms with Crippen molar-refractivity contribution >= 4 is 35.1 Å². The molecule has 15 heteroatoms. The number of piperazine rings is 1. The minimum absolute atomic E-state index is 0.228. The van der Waals surface area contributed by atoms with Crippen molar-refractivity contribution in [2.75, 3.05) is 68.0 Å². The van der Waals surface area contributed by atoms with Crippen LogP contribution in [0.5, 0.6) is 11.5 Å². The Bertz CT molecular complexity index is 1800. The molecule has 3 aliphatic rings. The van der Waals surface area contributed by atoms with Crippen LogP contribution in [0.1, 0.15) is 20.8 Å². The van der Waals surface area contributed by atoms with Gasteiger partial charge in [0.25, 0.3) is 0 Å². The zero-order valence-electron chi connectivity index (χ0n) is 26.7. The van der Waals surface area contributed by atoms with Crippen LogP contribution < -0.4 is 25.0 Å². The number of nitrogens with zero attached hydrogens (tertiary/aromatic N) is 6. The summed E-state index contributed by atoms with van der Waals surface area (Å²) in [6.45, 7) is 10.1. The molecule has 5 heterocycles. The van der Waals surface area contributed by atoms with Gasteiger partial charge in [0, 0.05) is 37.3 Å². The highest BCUT2D eigenvalue weighted by atomic mass is 35.5. The zero-order chi connectivity index (χ0) is 33.8. The summed E-state index contributed by atoms with van der Waals surface area (Å²) in [7, 11) is 0. The first-order chi connectivity index (χ1) is 23.0. The molecular formula is C33H35ClF2N8O4. The zero-order valence-corrected chi connectivity index (χ0v) is 27.5. The second kappa shape index (κ2) is 14.0. The molecule has 2 aromatic heterocycles. The summed E-state index contributed by atoms with van der Waals surface area (Å²) in [5.41, 5.74) is 0.644. The van der Waals surface area contributed by atoms with Gasteiger partial charge in [0.05, 0.1) is 13.1 Å². The number of carbonyl (C=O) groups is 1. The van der Waals surface area contributed by atoms with Crippen molar-refractivity contribution in [1.29, 1.82) is 0 Å². The molecular weight excluding hydrogens is 646 g/mol. The SMILES string of the molecule is CC(C)(C)OC(=O)N1CCN(c2nc(-c3cccc(F)c3)nc3c2OCCN3)CC1.Fc1cccc(-c2nc(Cl)c3c(n2)NCCO3)c1. The first-order valence-corrected chi connectivity index (χ1v) is 15.9. The average Bonchev–Trinajstić information content (AvgIpc) is 3.07. The summed E-state index contributed by atoms with van der Waals surface area (Å²) in [5.74, 6) is 2.94. The van der Waals surface area contributed by atoms with Gasteiger partial charge in [0.1, 0.15) is 30.4 Å². The number of carbonyl (C=O) groups excluding carboxylic acids is 1. The molecule has 4 aromatic rings. The predicted molar refractivity (Wildman–Crippen MR) is 178 cm³/mol. The van der Waals surface area contributed by atoms with Crippen LogP contribution in [0.2, 0.25) is 5.15 Å². The van der Waals surface area contributed by atoms with Crippen molar-refractivity contribution in [3.63, 3.8) is 0 Å². The molecule has 0 spiro atoms. The summed E-state index contributed by atoms with van der Waals surface area (Å²) in [6.07, 6.45) is -0.315. The molecule has 0 unspecified atom stereocenters. The van der Waals surface area contributed by atoms with E-state index >= 15 is 0 Å². The number of rotatable bonds is 3. The molecule has 2 aromatic carbocycles. The summed E-state index contributed by atoms with van der Waals surface area (Å²) >= 11 is 6.03. The number of amides is 1. The molecule has 0 saturated carbocycles. The molecule has 3 aliphatic heterocycles. The minimum Gasteiger partial charge on any atom is -0.485 e. The lowest BCUT2D eigenvalue weighted by Crippen LogP contribution is -2.50. The van der Waals surface area contributed by atoms with E-state index in [1.165, 1.54) is 24.3 Å². The lowest BCUT2D eigenvalue weighted by atomic mass is 10.2. The van der Waals surface area contributed by atoms with Gasteiger partial charge in [-0.1, -0.05) is 35.9 Å². The maximum atomic E-state index is 13.7. The van der Waals surface area contributed by atoms with E-state index in [9.17, 15) is 13.6 Å². The third kappa shape index (κ3) is 7.76. The van der Waals surface area contributed by atoms with E-state index < -0.39 is 5.60 Å². The Labute approximate surface area is 281 Å². The van der Waals surface area contributed by atoms with Crippen LogP contribution in [-0.4, -0.2) is 89.0 Å². The summed E-state index contributed by atoms with van der Waals surface area (Å²) in [6, 6.07) is 12.3. The van der Waals surface area contributed by atoms with E-state index in [1.807, 2.05) is 20.8 Å². The number of fused-ring (bicyclic) bond motifs is 2. The van der Waals surface area contributed by atoms with Gasteiger partial charge in [0.2, 0.25) is 5.75 Å². The molecule has 0 atom stereocenters. The summed E-state index contributed by atoms with van der Waals surface area (Å²) < 4.78 is 43.6. The minimum atomic E-state index is -0.528. The third-order valence-corrected chi connectivity index (χ3v) is 7.61. The number of hydrogen-bond donors (Lipinski definition) is 2. The Morgan fingerprint density at radius 3 is 1.92 bits per heavy atom. The number of anilines is 3. The predicted octanol–water partition coefficient (Wildman–Crippen LogP) is 5.88. The topological polar surface area (TPSA) is 127 Å². The van der Waals surface area contributed by atoms with Crippen molar-refractivity contribution in [3.05, 3.63) is 65.3 Å². The first kappa shape index (κ1) is 32.9. The van der Waals surface area contributed by atoms with Crippen molar-refractivity contribution in [1.82, 2.24) is 24.8 Å². The molecule has 48 heavy (non-hydrogen) atoms. The molecule has 0 radical (unpaired) electrons. The van der Waals surface area contributed by atoms with Gasteiger partial charge in [-0.3, -0.25) is 0 Å². The molecule has 252 valence electrons. The Morgan fingerprint density at radius 2 is 1.35 bits per heavy atom. The lowest BCUT2D eigenvalue weighted by Gasteiger charge is -2.37.